The van der Waals surface area contributed by atoms with Crippen LogP contribution in [0.2, 0.25) is 0 Å². The van der Waals surface area contributed by atoms with Crippen molar-refractivity contribution in [3.05, 3.63) is 70.3 Å². The average Bonchev–Trinajstić information content (AvgIpc) is 2.74. The fourth-order valence-electron chi connectivity index (χ4n) is 3.77. The number of amides is 1. The fourth-order valence-corrected chi connectivity index (χ4v) is 4.94. The molecule has 4 rings (SSSR count). The van der Waals surface area contributed by atoms with Crippen molar-refractivity contribution in [2.24, 2.45) is 0 Å². The highest BCUT2D eigenvalue weighted by Crippen LogP contribution is 2.43. The van der Waals surface area contributed by atoms with Gasteiger partial charge in [-0.2, -0.15) is 5.26 Å². The zero-order chi connectivity index (χ0) is 20.5. The van der Waals surface area contributed by atoms with Crippen molar-refractivity contribution in [2.75, 3.05) is 36.4 Å². The maximum absolute atomic E-state index is 13.0. The van der Waals surface area contributed by atoms with E-state index in [0.29, 0.717) is 24.5 Å². The van der Waals surface area contributed by atoms with Crippen molar-refractivity contribution in [2.45, 2.75) is 19.3 Å². The van der Waals surface area contributed by atoms with Gasteiger partial charge in [0.2, 0.25) is 5.91 Å². The van der Waals surface area contributed by atoms with E-state index in [2.05, 4.69) is 40.1 Å². The summed E-state index contributed by atoms with van der Waals surface area (Å²) < 4.78 is 0. The van der Waals surface area contributed by atoms with Gasteiger partial charge in [-0.25, -0.2) is 0 Å². The molecule has 2 aromatic rings. The van der Waals surface area contributed by atoms with Crippen LogP contribution in [-0.4, -0.2) is 37.4 Å². The van der Waals surface area contributed by atoms with Crippen molar-refractivity contribution < 1.29 is 4.79 Å². The van der Waals surface area contributed by atoms with Gasteiger partial charge in [0.1, 0.15) is 0 Å². The lowest BCUT2D eigenvalue weighted by Crippen LogP contribution is -2.47. The Labute approximate surface area is 176 Å². The predicted molar refractivity (Wildman–Crippen MR) is 119 cm³/mol. The molecule has 2 aromatic carbocycles. The van der Waals surface area contributed by atoms with Gasteiger partial charge in [-0.1, -0.05) is 41.6 Å². The highest BCUT2D eigenvalue weighted by atomic mass is 32.2. The molecule has 0 radical (unpaired) electrons. The largest absolute Gasteiger partial charge is 0.378 e. The maximum atomic E-state index is 13.0. The molecule has 2 aliphatic heterocycles. The number of nitrogens with zero attached hydrogens (tertiary/aromatic N) is 4. The number of allylic oxidation sites excluding steroid dienone is 1. The van der Waals surface area contributed by atoms with Crippen molar-refractivity contribution in [3.63, 3.8) is 0 Å². The van der Waals surface area contributed by atoms with Crippen molar-refractivity contribution >= 4 is 29.0 Å². The molecular weight excluding hydrogens is 380 g/mol. The number of hydrogen-bond acceptors (Lipinski definition) is 5. The highest BCUT2D eigenvalue weighted by molar-refractivity contribution is 8.03. The average molecular weight is 405 g/mol. The zero-order valence-corrected chi connectivity index (χ0v) is 17.7. The van der Waals surface area contributed by atoms with Crippen LogP contribution in [0.5, 0.6) is 0 Å². The molecule has 6 heteroatoms. The molecule has 0 spiro atoms. The van der Waals surface area contributed by atoms with Gasteiger partial charge in [0.05, 0.1) is 29.2 Å². The van der Waals surface area contributed by atoms with Crippen molar-refractivity contribution in [1.82, 2.24) is 4.90 Å². The quantitative estimate of drug-likeness (QED) is 0.764. The molecule has 29 heavy (non-hydrogen) atoms. The van der Waals surface area contributed by atoms with Gasteiger partial charge < -0.3 is 9.80 Å². The lowest BCUT2D eigenvalue weighted by atomic mass is 9.86. The summed E-state index contributed by atoms with van der Waals surface area (Å²) in [6.45, 7) is 2.52. The number of nitriles is 1. The summed E-state index contributed by atoms with van der Waals surface area (Å²) in [5.41, 5.74) is 5.14. The summed E-state index contributed by atoms with van der Waals surface area (Å²) in [7, 11) is 4.03. The number of hydrogen-bond donors (Lipinski definition) is 0. The van der Waals surface area contributed by atoms with E-state index in [9.17, 15) is 10.1 Å². The first-order valence-corrected chi connectivity index (χ1v) is 10.6. The van der Waals surface area contributed by atoms with Gasteiger partial charge in [0.25, 0.3) is 0 Å². The Morgan fingerprint density at radius 3 is 2.41 bits per heavy atom. The molecule has 1 saturated heterocycles. The molecule has 0 aliphatic carbocycles. The second kappa shape index (κ2) is 7.84. The van der Waals surface area contributed by atoms with E-state index in [1.807, 2.05) is 45.3 Å². The Morgan fingerprint density at radius 2 is 1.79 bits per heavy atom. The van der Waals surface area contributed by atoms with Crippen molar-refractivity contribution in [1.29, 1.82) is 5.26 Å². The van der Waals surface area contributed by atoms with Gasteiger partial charge in [0.15, 0.2) is 0 Å². The van der Waals surface area contributed by atoms with Gasteiger partial charge in [-0.15, -0.1) is 0 Å². The maximum Gasteiger partial charge on any atom is 0.229 e. The summed E-state index contributed by atoms with van der Waals surface area (Å²) in [5, 5.41) is 10.7. The normalized spacial score (nSPS) is 19.1. The van der Waals surface area contributed by atoms with E-state index in [-0.39, 0.29) is 11.8 Å². The predicted octanol–water partition coefficient (Wildman–Crippen LogP) is 4.28. The molecule has 1 atom stereocenters. The third-order valence-electron chi connectivity index (χ3n) is 5.50. The van der Waals surface area contributed by atoms with Crippen LogP contribution in [0.25, 0.3) is 0 Å². The Bertz CT molecular complexity index is 989. The minimum absolute atomic E-state index is 0.0756. The Hall–Kier alpha value is -2.91. The van der Waals surface area contributed by atoms with Gasteiger partial charge >= 0.3 is 0 Å². The SMILES string of the molecule is Cc1ccc([C@H]2CC(=O)N3CN(c4ccc(N(C)C)cc4)CSC3=C2C#N)cc1. The summed E-state index contributed by atoms with van der Waals surface area (Å²) in [5.74, 6) is 0.635. The van der Waals surface area contributed by atoms with Crippen LogP contribution in [0.3, 0.4) is 0 Å². The van der Waals surface area contributed by atoms with Crippen LogP contribution in [-0.2, 0) is 4.79 Å². The number of thioether (sulfide) groups is 1. The molecule has 0 bridgehead atoms. The summed E-state index contributed by atoms with van der Waals surface area (Å²) in [6, 6.07) is 18.9. The minimum atomic E-state index is -0.155. The van der Waals surface area contributed by atoms with E-state index in [1.54, 1.807) is 16.7 Å². The highest BCUT2D eigenvalue weighted by Gasteiger charge is 2.38. The summed E-state index contributed by atoms with van der Waals surface area (Å²) >= 11 is 1.58. The van der Waals surface area contributed by atoms with E-state index < -0.39 is 0 Å². The Balaban J connectivity index is 1.61. The number of rotatable bonds is 3. The van der Waals surface area contributed by atoms with Crippen LogP contribution < -0.4 is 9.80 Å². The minimum Gasteiger partial charge on any atom is -0.378 e. The van der Waals surface area contributed by atoms with Crippen LogP contribution >= 0.6 is 11.8 Å². The molecular formula is C23H24N4OS. The zero-order valence-electron chi connectivity index (χ0n) is 16.9. The smallest absolute Gasteiger partial charge is 0.229 e. The van der Waals surface area contributed by atoms with Crippen LogP contribution in [0.15, 0.2) is 59.1 Å². The Morgan fingerprint density at radius 1 is 1.10 bits per heavy atom. The summed E-state index contributed by atoms with van der Waals surface area (Å²) in [4.78, 5) is 19.0. The van der Waals surface area contributed by atoms with Crippen LogP contribution in [0.4, 0.5) is 11.4 Å². The first-order chi connectivity index (χ1) is 14.0. The van der Waals surface area contributed by atoms with E-state index in [0.717, 1.165) is 22.0 Å². The van der Waals surface area contributed by atoms with E-state index in [4.69, 9.17) is 0 Å². The third kappa shape index (κ3) is 3.70. The molecule has 5 nitrogen and oxygen atoms in total. The molecule has 2 aliphatic rings. The number of aryl methyl sites for hydroxylation is 1. The number of anilines is 2. The third-order valence-corrected chi connectivity index (χ3v) is 6.66. The molecule has 2 heterocycles. The first kappa shape index (κ1) is 19.4. The number of carbonyl (C=O) groups is 1. The lowest BCUT2D eigenvalue weighted by molar-refractivity contribution is -0.129. The second-order valence-corrected chi connectivity index (χ2v) is 8.62. The molecule has 1 fully saturated rings. The molecule has 148 valence electrons. The molecule has 0 N–H and O–H groups in total. The van der Waals surface area contributed by atoms with Crippen LogP contribution in [0.1, 0.15) is 23.5 Å². The van der Waals surface area contributed by atoms with Gasteiger partial charge in [0, 0.05) is 37.8 Å². The molecule has 1 amide bonds. The molecule has 0 saturated carbocycles. The fraction of sp³-hybridized carbons (Fsp3) is 0.304. The molecule has 0 aromatic heterocycles. The lowest BCUT2D eigenvalue weighted by Gasteiger charge is -2.42. The summed E-state index contributed by atoms with van der Waals surface area (Å²) in [6.07, 6.45) is 0.337. The monoisotopic (exact) mass is 404 g/mol. The second-order valence-electron chi connectivity index (χ2n) is 7.69. The van der Waals surface area contributed by atoms with Crippen LogP contribution in [0, 0.1) is 18.3 Å². The van der Waals surface area contributed by atoms with Crippen molar-refractivity contribution in [3.8, 4) is 6.07 Å². The number of benzene rings is 2. The van der Waals surface area contributed by atoms with E-state index >= 15 is 0 Å². The standard InChI is InChI=1S/C23H24N4OS/c1-16-4-6-17(7-5-16)20-12-22(28)27-14-26(15-29-23(27)21(20)13-24)19-10-8-18(9-11-19)25(2)3/h4-11,20H,12,14-15H2,1-3H3/t20-/m1/s1. The van der Waals surface area contributed by atoms with Gasteiger partial charge in [-0.3, -0.25) is 9.69 Å². The molecule has 0 unspecified atom stereocenters. The topological polar surface area (TPSA) is 50.6 Å². The first-order valence-electron chi connectivity index (χ1n) is 9.64. The number of carbonyl (C=O) groups excluding carboxylic acids is 1. The number of fused-ring (bicyclic) bond motifs is 1. The van der Waals surface area contributed by atoms with E-state index in [1.165, 1.54) is 5.56 Å². The van der Waals surface area contributed by atoms with Gasteiger partial charge in [-0.05, 0) is 36.8 Å². The Kier molecular flexibility index (Phi) is 5.25.